The zero-order chi connectivity index (χ0) is 30.2. The highest BCUT2D eigenvalue weighted by Crippen LogP contribution is 2.42. The van der Waals surface area contributed by atoms with Gasteiger partial charge in [-0.05, 0) is 68.9 Å². The maximum atomic E-state index is 13.0. The highest BCUT2D eigenvalue weighted by Gasteiger charge is 2.48. The number of hydrogen-bond acceptors (Lipinski definition) is 8. The number of alkyl halides is 3. The van der Waals surface area contributed by atoms with Crippen LogP contribution in [-0.4, -0.2) is 84.4 Å². The number of aromatic nitrogens is 4. The fraction of sp³-hybridized carbons (Fsp3) is 0.467. The largest absolute Gasteiger partial charge is 0.416 e. The zero-order valence-electron chi connectivity index (χ0n) is 23.4. The highest BCUT2D eigenvalue weighted by molar-refractivity contribution is 5.95. The van der Waals surface area contributed by atoms with Gasteiger partial charge in [-0.1, -0.05) is 0 Å². The van der Waals surface area contributed by atoms with E-state index in [4.69, 9.17) is 0 Å². The molecule has 226 valence electrons. The second-order valence-electron chi connectivity index (χ2n) is 11.4. The van der Waals surface area contributed by atoms with E-state index in [1.54, 1.807) is 29.6 Å². The lowest BCUT2D eigenvalue weighted by atomic mass is 9.79. The average molecular weight is 596 g/mol. The smallest absolute Gasteiger partial charge is 0.384 e. The van der Waals surface area contributed by atoms with Gasteiger partial charge >= 0.3 is 6.18 Å². The predicted molar refractivity (Wildman–Crippen MR) is 148 cm³/mol. The Hall–Kier alpha value is -3.97. The van der Waals surface area contributed by atoms with Gasteiger partial charge in [-0.25, -0.2) is 9.97 Å². The van der Waals surface area contributed by atoms with Gasteiger partial charge in [0.05, 0.1) is 17.8 Å². The second kappa shape index (κ2) is 11.6. The molecule has 0 spiro atoms. The molecule has 3 aromatic heterocycles. The standard InChI is InChI=1S/C30H32F3N7O3/c31-30(32,33)20-6-13-34-22(16-20)28(42)38-18-26(41)40-15-8-23-24(40)7-14-39(23)21-4-9-29(43,10-5-21)25-3-2-19(17-37-25)27-35-11-1-12-36-27/h1-3,6,11-13,16-17,21,23-24,43H,4-5,7-10,14-15,18H2,(H,38,42)/t21-,23?,24?,29+. The fourth-order valence-corrected chi connectivity index (χ4v) is 6.78. The van der Waals surface area contributed by atoms with Crippen LogP contribution in [0.4, 0.5) is 13.2 Å². The van der Waals surface area contributed by atoms with Crippen molar-refractivity contribution in [1.29, 1.82) is 0 Å². The van der Waals surface area contributed by atoms with E-state index in [-0.39, 0.29) is 36.3 Å². The van der Waals surface area contributed by atoms with Crippen molar-refractivity contribution in [2.45, 2.75) is 68.4 Å². The number of rotatable bonds is 6. The molecule has 0 radical (unpaired) electrons. The third kappa shape index (κ3) is 5.96. The number of hydrogen-bond donors (Lipinski definition) is 2. The number of likely N-dealkylation sites (tertiary alicyclic amines) is 2. The maximum absolute atomic E-state index is 13.0. The Morgan fingerprint density at radius 1 is 0.953 bits per heavy atom. The van der Waals surface area contributed by atoms with Crippen LogP contribution in [0.3, 0.4) is 0 Å². The summed E-state index contributed by atoms with van der Waals surface area (Å²) >= 11 is 0. The molecular formula is C30H32F3N7O3. The summed E-state index contributed by atoms with van der Waals surface area (Å²) in [4.78, 5) is 46.5. The first-order chi connectivity index (χ1) is 20.6. The van der Waals surface area contributed by atoms with Crippen LogP contribution < -0.4 is 5.32 Å². The van der Waals surface area contributed by atoms with Crippen LogP contribution in [0, 0.1) is 0 Å². The van der Waals surface area contributed by atoms with Crippen molar-refractivity contribution in [1.82, 2.24) is 35.1 Å². The van der Waals surface area contributed by atoms with Crippen molar-refractivity contribution < 1.29 is 27.9 Å². The summed E-state index contributed by atoms with van der Waals surface area (Å²) in [6.07, 6.45) is 5.77. The van der Waals surface area contributed by atoms with Crippen molar-refractivity contribution in [3.05, 3.63) is 72.1 Å². The monoisotopic (exact) mass is 595 g/mol. The molecular weight excluding hydrogens is 563 g/mol. The lowest BCUT2D eigenvalue weighted by Crippen LogP contribution is -2.47. The van der Waals surface area contributed by atoms with Crippen LogP contribution in [0.5, 0.6) is 0 Å². The molecule has 3 aliphatic rings. The maximum Gasteiger partial charge on any atom is 0.416 e. The van der Waals surface area contributed by atoms with Crippen LogP contribution in [0.15, 0.2) is 55.1 Å². The molecule has 0 aromatic carbocycles. The van der Waals surface area contributed by atoms with Crippen molar-refractivity contribution in [2.24, 2.45) is 0 Å². The topological polar surface area (TPSA) is 124 Å². The van der Waals surface area contributed by atoms with Gasteiger partial charge < -0.3 is 15.3 Å². The van der Waals surface area contributed by atoms with Crippen molar-refractivity contribution in [3.63, 3.8) is 0 Å². The first kappa shape index (κ1) is 29.1. The number of amides is 2. The minimum atomic E-state index is -4.59. The minimum Gasteiger partial charge on any atom is -0.384 e. The summed E-state index contributed by atoms with van der Waals surface area (Å²) in [5.74, 6) is -0.501. The molecule has 2 saturated heterocycles. The number of nitrogens with zero attached hydrogens (tertiary/aromatic N) is 6. The van der Waals surface area contributed by atoms with Gasteiger partial charge in [0.15, 0.2) is 5.82 Å². The lowest BCUT2D eigenvalue weighted by Gasteiger charge is -2.41. The van der Waals surface area contributed by atoms with E-state index in [1.165, 1.54) is 0 Å². The Balaban J connectivity index is 1.01. The molecule has 0 bridgehead atoms. The Morgan fingerprint density at radius 2 is 1.70 bits per heavy atom. The van der Waals surface area contributed by atoms with E-state index in [0.29, 0.717) is 37.0 Å². The number of carbonyl (C=O) groups excluding carboxylic acids is 2. The molecule has 2 N–H and O–H groups in total. The van der Waals surface area contributed by atoms with E-state index in [2.05, 4.69) is 30.2 Å². The Morgan fingerprint density at radius 3 is 2.40 bits per heavy atom. The molecule has 43 heavy (non-hydrogen) atoms. The van der Waals surface area contributed by atoms with Crippen LogP contribution in [-0.2, 0) is 16.6 Å². The first-order valence-corrected chi connectivity index (χ1v) is 14.5. The molecule has 2 atom stereocenters. The second-order valence-corrected chi connectivity index (χ2v) is 11.4. The quantitative estimate of drug-likeness (QED) is 0.446. The number of carbonyl (C=O) groups is 2. The van der Waals surface area contributed by atoms with Gasteiger partial charge in [-0.15, -0.1) is 0 Å². The number of fused-ring (bicyclic) bond motifs is 1. The SMILES string of the molecule is O=C(NCC(=O)N1CCC2C1CCN2[C@H]1CC[C@](O)(c2ccc(-c3ncccn3)cn2)CC1)c1cc(C(F)(F)F)ccn1. The summed E-state index contributed by atoms with van der Waals surface area (Å²) in [6.45, 7) is 1.09. The molecule has 2 amide bonds. The summed E-state index contributed by atoms with van der Waals surface area (Å²) < 4.78 is 38.9. The summed E-state index contributed by atoms with van der Waals surface area (Å²) in [6, 6.07) is 7.46. The lowest BCUT2D eigenvalue weighted by molar-refractivity contribution is -0.137. The van der Waals surface area contributed by atoms with E-state index >= 15 is 0 Å². The Bertz CT molecular complexity index is 1460. The molecule has 2 unspecified atom stereocenters. The highest BCUT2D eigenvalue weighted by atomic mass is 19.4. The molecule has 5 heterocycles. The summed E-state index contributed by atoms with van der Waals surface area (Å²) in [5, 5.41) is 13.9. The Kier molecular flexibility index (Phi) is 7.86. The van der Waals surface area contributed by atoms with Gasteiger partial charge in [0.1, 0.15) is 11.3 Å². The normalized spacial score (nSPS) is 25.9. The van der Waals surface area contributed by atoms with Gasteiger partial charge in [0.25, 0.3) is 5.91 Å². The van der Waals surface area contributed by atoms with E-state index in [9.17, 15) is 27.9 Å². The summed E-state index contributed by atoms with van der Waals surface area (Å²) in [7, 11) is 0. The first-order valence-electron chi connectivity index (χ1n) is 14.5. The number of halogens is 3. The fourth-order valence-electron chi connectivity index (χ4n) is 6.78. The van der Waals surface area contributed by atoms with Gasteiger partial charge in [-0.2, -0.15) is 13.2 Å². The van der Waals surface area contributed by atoms with Crippen molar-refractivity contribution in [2.75, 3.05) is 19.6 Å². The van der Waals surface area contributed by atoms with E-state index < -0.39 is 23.2 Å². The molecule has 1 aliphatic carbocycles. The van der Waals surface area contributed by atoms with Crippen molar-refractivity contribution in [3.8, 4) is 11.4 Å². The van der Waals surface area contributed by atoms with Crippen LogP contribution in [0.1, 0.15) is 60.3 Å². The third-order valence-corrected chi connectivity index (χ3v) is 8.98. The molecule has 13 heteroatoms. The predicted octanol–water partition coefficient (Wildman–Crippen LogP) is 3.19. The van der Waals surface area contributed by atoms with Crippen LogP contribution in [0.2, 0.25) is 0 Å². The minimum absolute atomic E-state index is 0.0197. The Labute approximate surface area is 246 Å². The van der Waals surface area contributed by atoms with Crippen LogP contribution in [0.25, 0.3) is 11.4 Å². The molecule has 10 nitrogen and oxygen atoms in total. The van der Waals surface area contributed by atoms with Gasteiger partial charge in [0, 0.05) is 61.6 Å². The molecule has 6 rings (SSSR count). The van der Waals surface area contributed by atoms with E-state index in [1.807, 2.05) is 12.1 Å². The average Bonchev–Trinajstić information content (AvgIpc) is 3.63. The van der Waals surface area contributed by atoms with Crippen molar-refractivity contribution >= 4 is 11.8 Å². The number of aliphatic hydroxyl groups is 1. The zero-order valence-corrected chi connectivity index (χ0v) is 23.4. The van der Waals surface area contributed by atoms with E-state index in [0.717, 1.165) is 50.1 Å². The summed E-state index contributed by atoms with van der Waals surface area (Å²) in [5.41, 5.74) is -0.929. The third-order valence-electron chi connectivity index (χ3n) is 8.98. The molecule has 3 aromatic rings. The number of nitrogens with one attached hydrogen (secondary N) is 1. The van der Waals surface area contributed by atoms with Crippen LogP contribution >= 0.6 is 0 Å². The van der Waals surface area contributed by atoms with Gasteiger partial charge in [0.2, 0.25) is 5.91 Å². The molecule has 3 fully saturated rings. The molecule has 1 saturated carbocycles. The number of pyridine rings is 2. The van der Waals surface area contributed by atoms with Gasteiger partial charge in [-0.3, -0.25) is 24.5 Å². The molecule has 2 aliphatic heterocycles.